The second kappa shape index (κ2) is 9.31. The third-order valence-corrected chi connectivity index (χ3v) is 6.30. The fourth-order valence-electron chi connectivity index (χ4n) is 3.24. The first-order valence-electron chi connectivity index (χ1n) is 9.34. The van der Waals surface area contributed by atoms with Gasteiger partial charge in [0.25, 0.3) is 0 Å². The monoisotopic (exact) mass is 437 g/mol. The highest BCUT2D eigenvalue weighted by Gasteiger charge is 2.24. The molecule has 8 nitrogen and oxygen atoms in total. The Kier molecular flexibility index (Phi) is 6.78. The van der Waals surface area contributed by atoms with Gasteiger partial charge in [0.1, 0.15) is 5.82 Å². The number of amides is 1. The molecule has 2 aromatic rings. The van der Waals surface area contributed by atoms with Crippen molar-refractivity contribution in [3.8, 4) is 11.5 Å². The largest absolute Gasteiger partial charge is 0.493 e. The van der Waals surface area contributed by atoms with Crippen LogP contribution in [0.25, 0.3) is 0 Å². The Morgan fingerprint density at radius 1 is 1.03 bits per heavy atom. The van der Waals surface area contributed by atoms with Gasteiger partial charge in [-0.05, 0) is 24.3 Å². The zero-order valence-electron chi connectivity index (χ0n) is 16.8. The van der Waals surface area contributed by atoms with E-state index in [1.165, 1.54) is 38.5 Å². The average molecular weight is 437 g/mol. The van der Waals surface area contributed by atoms with Crippen LogP contribution in [0.15, 0.2) is 47.4 Å². The summed E-state index contributed by atoms with van der Waals surface area (Å²) in [5, 5.41) is 0. The molecule has 30 heavy (non-hydrogen) atoms. The number of benzene rings is 2. The molecule has 1 aliphatic heterocycles. The minimum absolute atomic E-state index is 0.0303. The molecule has 0 aromatic heterocycles. The maximum absolute atomic E-state index is 13.9. The molecule has 1 N–H and O–H groups in total. The molecule has 1 heterocycles. The molecule has 0 unspecified atom stereocenters. The predicted molar refractivity (Wildman–Crippen MR) is 110 cm³/mol. The van der Waals surface area contributed by atoms with Gasteiger partial charge in [-0.25, -0.2) is 17.5 Å². The molecule has 2 aromatic carbocycles. The van der Waals surface area contributed by atoms with Gasteiger partial charge in [-0.15, -0.1) is 0 Å². The quantitative estimate of drug-likeness (QED) is 0.706. The smallest absolute Gasteiger partial charge is 0.241 e. The first-order valence-corrected chi connectivity index (χ1v) is 10.8. The molecular formula is C20H24FN3O5S. The van der Waals surface area contributed by atoms with Gasteiger partial charge in [-0.1, -0.05) is 12.1 Å². The van der Waals surface area contributed by atoms with Gasteiger partial charge in [0.05, 0.1) is 31.3 Å². The second-order valence-corrected chi connectivity index (χ2v) is 8.43. The van der Waals surface area contributed by atoms with Gasteiger partial charge < -0.3 is 19.3 Å². The maximum Gasteiger partial charge on any atom is 0.241 e. The Bertz CT molecular complexity index is 1010. The van der Waals surface area contributed by atoms with E-state index >= 15 is 0 Å². The van der Waals surface area contributed by atoms with E-state index in [-0.39, 0.29) is 28.9 Å². The van der Waals surface area contributed by atoms with Crippen molar-refractivity contribution >= 4 is 21.6 Å². The fourth-order valence-corrected chi connectivity index (χ4v) is 4.23. The number of nitrogens with zero attached hydrogens (tertiary/aromatic N) is 2. The fraction of sp³-hybridized carbons (Fsp3) is 0.350. The van der Waals surface area contributed by atoms with Crippen LogP contribution in [0, 0.1) is 5.82 Å². The van der Waals surface area contributed by atoms with Crippen LogP contribution in [-0.2, 0) is 14.8 Å². The molecular weight excluding hydrogens is 413 g/mol. The van der Waals surface area contributed by atoms with Gasteiger partial charge in [0.2, 0.25) is 15.9 Å². The highest BCUT2D eigenvalue weighted by atomic mass is 32.2. The van der Waals surface area contributed by atoms with Crippen LogP contribution in [-0.4, -0.2) is 66.2 Å². The van der Waals surface area contributed by atoms with Crippen LogP contribution in [0.4, 0.5) is 10.1 Å². The molecule has 1 saturated heterocycles. The first kappa shape index (κ1) is 21.8. The van der Waals surface area contributed by atoms with Crippen molar-refractivity contribution in [3.63, 3.8) is 0 Å². The van der Waals surface area contributed by atoms with E-state index in [9.17, 15) is 17.6 Å². The topological polar surface area (TPSA) is 88.2 Å². The molecule has 0 atom stereocenters. The standard InChI is InChI=1S/C20H24FN3O5S/c1-28-18-8-7-15(13-19(18)29-2)30(26,27)22-14-20(25)24-11-9-23(10-12-24)17-6-4-3-5-16(17)21/h3-8,13,22H,9-12,14H2,1-2H3. The summed E-state index contributed by atoms with van der Waals surface area (Å²) >= 11 is 0. The zero-order valence-corrected chi connectivity index (χ0v) is 17.6. The lowest BCUT2D eigenvalue weighted by atomic mass is 10.2. The number of hydrogen-bond donors (Lipinski definition) is 1. The van der Waals surface area contributed by atoms with Gasteiger partial charge in [0, 0.05) is 32.2 Å². The molecule has 0 saturated carbocycles. The van der Waals surface area contributed by atoms with Crippen molar-refractivity contribution in [3.05, 3.63) is 48.3 Å². The van der Waals surface area contributed by atoms with Crippen LogP contribution < -0.4 is 19.1 Å². The van der Waals surface area contributed by atoms with Gasteiger partial charge >= 0.3 is 0 Å². The van der Waals surface area contributed by atoms with Gasteiger partial charge in [0.15, 0.2) is 11.5 Å². The van der Waals surface area contributed by atoms with Gasteiger partial charge in [-0.3, -0.25) is 4.79 Å². The minimum Gasteiger partial charge on any atom is -0.493 e. The number of para-hydroxylation sites is 1. The highest BCUT2D eigenvalue weighted by molar-refractivity contribution is 7.89. The first-order chi connectivity index (χ1) is 14.4. The Labute approximate surface area is 175 Å². The Morgan fingerprint density at radius 2 is 1.70 bits per heavy atom. The van der Waals surface area contributed by atoms with E-state index in [0.717, 1.165) is 0 Å². The molecule has 0 radical (unpaired) electrons. The number of piperazine rings is 1. The lowest BCUT2D eigenvalue weighted by Crippen LogP contribution is -2.51. The van der Waals surface area contributed by atoms with Crippen LogP contribution in [0.2, 0.25) is 0 Å². The van der Waals surface area contributed by atoms with Crippen molar-refractivity contribution < 1.29 is 27.1 Å². The van der Waals surface area contributed by atoms with Gasteiger partial charge in [-0.2, -0.15) is 0 Å². The number of nitrogens with one attached hydrogen (secondary N) is 1. The van der Waals surface area contributed by atoms with E-state index in [1.54, 1.807) is 23.1 Å². The number of methoxy groups -OCH3 is 2. The predicted octanol–water partition coefficient (Wildman–Crippen LogP) is 1.47. The number of carbonyl (C=O) groups excluding carboxylic acids is 1. The third-order valence-electron chi connectivity index (χ3n) is 4.90. The molecule has 1 aliphatic rings. The summed E-state index contributed by atoms with van der Waals surface area (Å²) in [6, 6.07) is 10.7. The zero-order chi connectivity index (χ0) is 21.7. The van der Waals surface area contributed by atoms with E-state index < -0.39 is 10.0 Å². The van der Waals surface area contributed by atoms with Crippen molar-refractivity contribution in [2.75, 3.05) is 51.8 Å². The number of halogens is 1. The number of hydrogen-bond acceptors (Lipinski definition) is 6. The molecule has 0 aliphatic carbocycles. The Morgan fingerprint density at radius 3 is 2.33 bits per heavy atom. The van der Waals surface area contributed by atoms with Crippen molar-refractivity contribution in [2.24, 2.45) is 0 Å². The van der Waals surface area contributed by atoms with Crippen LogP contribution in [0.3, 0.4) is 0 Å². The van der Waals surface area contributed by atoms with E-state index in [1.807, 2.05) is 4.90 Å². The normalized spacial score (nSPS) is 14.5. The number of sulfonamides is 1. The lowest BCUT2D eigenvalue weighted by molar-refractivity contribution is -0.130. The average Bonchev–Trinajstić information content (AvgIpc) is 2.77. The summed E-state index contributed by atoms with van der Waals surface area (Å²) in [5.41, 5.74) is 0.499. The summed E-state index contributed by atoms with van der Waals surface area (Å²) in [4.78, 5) is 15.9. The Hall–Kier alpha value is -2.85. The molecule has 1 fully saturated rings. The third kappa shape index (κ3) is 4.82. The van der Waals surface area contributed by atoms with E-state index in [4.69, 9.17) is 9.47 Å². The highest BCUT2D eigenvalue weighted by Crippen LogP contribution is 2.29. The molecule has 0 bridgehead atoms. The SMILES string of the molecule is COc1ccc(S(=O)(=O)NCC(=O)N2CCN(c3ccccc3F)CC2)cc1OC. The number of carbonyl (C=O) groups is 1. The number of ether oxygens (including phenoxy) is 2. The second-order valence-electron chi connectivity index (χ2n) is 6.66. The molecule has 10 heteroatoms. The van der Waals surface area contributed by atoms with Crippen LogP contribution >= 0.6 is 0 Å². The molecule has 0 spiro atoms. The molecule has 1 amide bonds. The summed E-state index contributed by atoms with van der Waals surface area (Å²) in [6.45, 7) is 1.33. The van der Waals surface area contributed by atoms with Crippen molar-refractivity contribution in [1.82, 2.24) is 9.62 Å². The summed E-state index contributed by atoms with van der Waals surface area (Å²) in [6.07, 6.45) is 0. The van der Waals surface area contributed by atoms with E-state index in [2.05, 4.69) is 4.72 Å². The van der Waals surface area contributed by atoms with E-state index in [0.29, 0.717) is 37.6 Å². The lowest BCUT2D eigenvalue weighted by Gasteiger charge is -2.36. The number of anilines is 1. The van der Waals surface area contributed by atoms with Crippen molar-refractivity contribution in [2.45, 2.75) is 4.90 Å². The summed E-state index contributed by atoms with van der Waals surface area (Å²) in [5.74, 6) is 0.0309. The van der Waals surface area contributed by atoms with Crippen LogP contribution in [0.1, 0.15) is 0 Å². The molecule has 3 rings (SSSR count). The maximum atomic E-state index is 13.9. The minimum atomic E-state index is -3.90. The molecule has 162 valence electrons. The van der Waals surface area contributed by atoms with Crippen molar-refractivity contribution in [1.29, 1.82) is 0 Å². The summed E-state index contributed by atoms with van der Waals surface area (Å²) < 4.78 is 51.5. The van der Waals surface area contributed by atoms with Crippen LogP contribution in [0.5, 0.6) is 11.5 Å². The Balaban J connectivity index is 1.57. The summed E-state index contributed by atoms with van der Waals surface area (Å²) in [7, 11) is -1.04. The number of rotatable bonds is 7.